The molecule has 0 unspecified atom stereocenters. The lowest BCUT2D eigenvalue weighted by molar-refractivity contribution is 0.289. The fourth-order valence-electron chi connectivity index (χ4n) is 3.12. The van der Waals surface area contributed by atoms with Crippen molar-refractivity contribution in [2.45, 2.75) is 20.4 Å². The van der Waals surface area contributed by atoms with Crippen molar-refractivity contribution >= 4 is 10.9 Å². The van der Waals surface area contributed by atoms with Crippen molar-refractivity contribution in [3.05, 3.63) is 75.4 Å². The summed E-state index contributed by atoms with van der Waals surface area (Å²) in [5, 5.41) is 0.561. The van der Waals surface area contributed by atoms with E-state index in [1.807, 2.05) is 36.4 Å². The maximum Gasteiger partial charge on any atom is 0.336 e. The van der Waals surface area contributed by atoms with E-state index in [0.717, 1.165) is 19.6 Å². The van der Waals surface area contributed by atoms with Crippen LogP contribution in [0.1, 0.15) is 13.8 Å². The molecule has 0 amide bonds. The number of fused-ring (bicyclic) bond motifs is 1. The summed E-state index contributed by atoms with van der Waals surface area (Å²) in [7, 11) is 0. The van der Waals surface area contributed by atoms with Gasteiger partial charge in [-0.05, 0) is 37.4 Å². The lowest BCUT2D eigenvalue weighted by Crippen LogP contribution is -2.40. The van der Waals surface area contributed by atoms with E-state index in [1.54, 1.807) is 22.8 Å². The first-order valence-electron chi connectivity index (χ1n) is 8.69. The molecule has 0 fully saturated rings. The summed E-state index contributed by atoms with van der Waals surface area (Å²) in [5.41, 5.74) is 0.727. The molecule has 0 aliphatic rings. The summed E-state index contributed by atoms with van der Waals surface area (Å²) >= 11 is 0. The average molecular weight is 337 g/mol. The van der Waals surface area contributed by atoms with E-state index in [-0.39, 0.29) is 11.2 Å². The van der Waals surface area contributed by atoms with Gasteiger partial charge in [0.15, 0.2) is 0 Å². The van der Waals surface area contributed by atoms with Crippen LogP contribution in [0.2, 0.25) is 0 Å². The van der Waals surface area contributed by atoms with Crippen LogP contribution >= 0.6 is 0 Å². The van der Waals surface area contributed by atoms with Crippen molar-refractivity contribution in [1.82, 2.24) is 14.0 Å². The Labute approximate surface area is 146 Å². The molecule has 5 heteroatoms. The molecule has 130 valence electrons. The summed E-state index contributed by atoms with van der Waals surface area (Å²) in [4.78, 5) is 28.3. The van der Waals surface area contributed by atoms with Gasteiger partial charge in [-0.15, -0.1) is 0 Å². The highest BCUT2D eigenvalue weighted by Crippen LogP contribution is 2.10. The van der Waals surface area contributed by atoms with Crippen LogP contribution in [-0.2, 0) is 6.54 Å². The Kier molecular flexibility index (Phi) is 5.14. The van der Waals surface area contributed by atoms with Gasteiger partial charge in [0, 0.05) is 13.1 Å². The highest BCUT2D eigenvalue weighted by Gasteiger charge is 2.14. The van der Waals surface area contributed by atoms with E-state index in [4.69, 9.17) is 0 Å². The minimum Gasteiger partial charge on any atom is -0.302 e. The fraction of sp³-hybridized carbons (Fsp3) is 0.300. The van der Waals surface area contributed by atoms with Crippen LogP contribution in [0, 0.1) is 0 Å². The third-order valence-electron chi connectivity index (χ3n) is 4.60. The summed E-state index contributed by atoms with van der Waals surface area (Å²) in [6, 6.07) is 16.4. The number of nitrogens with zero attached hydrogens (tertiary/aromatic N) is 3. The highest BCUT2D eigenvalue weighted by atomic mass is 16.2. The standard InChI is InChI=1S/C20H23N3O2/c1-3-21(4-2)14-15-22-18-13-9-8-12-17(18)19(24)23(20(22)25)16-10-6-5-7-11-16/h5-13H,3-4,14-15H2,1-2H3. The molecule has 0 N–H and O–H groups in total. The third kappa shape index (κ3) is 3.28. The smallest absolute Gasteiger partial charge is 0.302 e. The van der Waals surface area contributed by atoms with Crippen LogP contribution in [0.5, 0.6) is 0 Å². The molecule has 5 nitrogen and oxygen atoms in total. The molecule has 0 saturated heterocycles. The predicted octanol–water partition coefficient (Wildman–Crippen LogP) is 2.49. The zero-order valence-electron chi connectivity index (χ0n) is 14.7. The average Bonchev–Trinajstić information content (AvgIpc) is 2.66. The van der Waals surface area contributed by atoms with Gasteiger partial charge in [0.25, 0.3) is 5.56 Å². The molecule has 3 aromatic rings. The first-order valence-corrected chi connectivity index (χ1v) is 8.69. The molecule has 3 rings (SSSR count). The Bertz CT molecular complexity index is 970. The zero-order chi connectivity index (χ0) is 17.8. The van der Waals surface area contributed by atoms with E-state index in [2.05, 4.69) is 18.7 Å². The molecule has 25 heavy (non-hydrogen) atoms. The van der Waals surface area contributed by atoms with Crippen LogP contribution in [-0.4, -0.2) is 33.7 Å². The molecule has 0 radical (unpaired) electrons. The first kappa shape index (κ1) is 17.2. The van der Waals surface area contributed by atoms with Gasteiger partial charge in [-0.25, -0.2) is 9.36 Å². The van der Waals surface area contributed by atoms with Gasteiger partial charge in [-0.2, -0.15) is 0 Å². The van der Waals surface area contributed by atoms with Gasteiger partial charge in [0.2, 0.25) is 0 Å². The molecular weight excluding hydrogens is 314 g/mol. The number of para-hydroxylation sites is 2. The molecule has 1 heterocycles. The molecule has 1 aromatic heterocycles. The van der Waals surface area contributed by atoms with Gasteiger partial charge >= 0.3 is 5.69 Å². The second-order valence-electron chi connectivity index (χ2n) is 5.95. The minimum atomic E-state index is -0.290. The van der Waals surface area contributed by atoms with E-state index in [9.17, 15) is 9.59 Å². The molecular formula is C20H23N3O2. The summed E-state index contributed by atoms with van der Waals surface area (Å²) < 4.78 is 2.98. The second-order valence-corrected chi connectivity index (χ2v) is 5.95. The van der Waals surface area contributed by atoms with E-state index < -0.39 is 0 Å². The molecule has 2 aromatic carbocycles. The van der Waals surface area contributed by atoms with E-state index in [1.165, 1.54) is 4.57 Å². The zero-order valence-corrected chi connectivity index (χ0v) is 14.7. The van der Waals surface area contributed by atoms with Crippen LogP contribution in [0.3, 0.4) is 0 Å². The van der Waals surface area contributed by atoms with Gasteiger partial charge in [0.1, 0.15) is 0 Å². The van der Waals surface area contributed by atoms with Gasteiger partial charge in [0.05, 0.1) is 16.6 Å². The molecule has 0 aliphatic heterocycles. The summed E-state index contributed by atoms with van der Waals surface area (Å²) in [5.74, 6) is 0. The number of rotatable bonds is 6. The van der Waals surface area contributed by atoms with Crippen molar-refractivity contribution in [2.75, 3.05) is 19.6 Å². The van der Waals surface area contributed by atoms with Crippen LogP contribution in [0.25, 0.3) is 16.6 Å². The van der Waals surface area contributed by atoms with Crippen molar-refractivity contribution < 1.29 is 0 Å². The SMILES string of the molecule is CCN(CC)CCn1c(=O)n(-c2ccccc2)c(=O)c2ccccc21. The topological polar surface area (TPSA) is 47.2 Å². The van der Waals surface area contributed by atoms with Crippen molar-refractivity contribution in [3.8, 4) is 5.69 Å². The third-order valence-corrected chi connectivity index (χ3v) is 4.60. The van der Waals surface area contributed by atoms with E-state index in [0.29, 0.717) is 23.1 Å². The van der Waals surface area contributed by atoms with Crippen molar-refractivity contribution in [3.63, 3.8) is 0 Å². The predicted molar refractivity (Wildman–Crippen MR) is 102 cm³/mol. The van der Waals surface area contributed by atoms with Crippen LogP contribution in [0.15, 0.2) is 64.2 Å². The van der Waals surface area contributed by atoms with Crippen molar-refractivity contribution in [1.29, 1.82) is 0 Å². The number of likely N-dealkylation sites (N-methyl/N-ethyl adjacent to an activating group) is 1. The van der Waals surface area contributed by atoms with Gasteiger partial charge in [-0.3, -0.25) is 9.36 Å². The minimum absolute atomic E-state index is 0.272. The number of benzene rings is 2. The fourth-order valence-corrected chi connectivity index (χ4v) is 3.12. The van der Waals surface area contributed by atoms with Crippen molar-refractivity contribution in [2.24, 2.45) is 0 Å². The van der Waals surface area contributed by atoms with Crippen LogP contribution < -0.4 is 11.2 Å². The molecule has 0 bridgehead atoms. The van der Waals surface area contributed by atoms with Gasteiger partial charge in [-0.1, -0.05) is 44.2 Å². The lowest BCUT2D eigenvalue weighted by Gasteiger charge is -2.20. The molecule has 0 spiro atoms. The number of hydrogen-bond donors (Lipinski definition) is 0. The number of hydrogen-bond acceptors (Lipinski definition) is 3. The van der Waals surface area contributed by atoms with Gasteiger partial charge < -0.3 is 4.90 Å². The largest absolute Gasteiger partial charge is 0.336 e. The Morgan fingerprint density at radius 2 is 1.52 bits per heavy atom. The second kappa shape index (κ2) is 7.49. The highest BCUT2D eigenvalue weighted by molar-refractivity contribution is 5.78. The maximum atomic E-state index is 13.1. The molecule has 0 atom stereocenters. The number of aromatic nitrogens is 2. The Balaban J connectivity index is 2.22. The normalized spacial score (nSPS) is 11.3. The molecule has 0 aliphatic carbocycles. The summed E-state index contributed by atoms with van der Waals surface area (Å²) in [6.07, 6.45) is 0. The quantitative estimate of drug-likeness (QED) is 0.694. The Morgan fingerprint density at radius 3 is 2.20 bits per heavy atom. The van der Waals surface area contributed by atoms with E-state index >= 15 is 0 Å². The lowest BCUT2D eigenvalue weighted by atomic mass is 10.2. The monoisotopic (exact) mass is 337 g/mol. The molecule has 0 saturated carbocycles. The van der Waals surface area contributed by atoms with Crippen LogP contribution in [0.4, 0.5) is 0 Å². The Morgan fingerprint density at radius 1 is 0.880 bits per heavy atom. The Hall–Kier alpha value is -2.66. The summed E-state index contributed by atoms with van der Waals surface area (Å²) in [6.45, 7) is 7.39. The first-order chi connectivity index (χ1) is 12.2. The maximum absolute atomic E-state index is 13.1.